The van der Waals surface area contributed by atoms with Gasteiger partial charge in [-0.1, -0.05) is 60.2 Å². The summed E-state index contributed by atoms with van der Waals surface area (Å²) in [6, 6.07) is 23.2. The Hall–Kier alpha value is -3.12. The molecule has 28 heavy (non-hydrogen) atoms. The maximum Gasteiger partial charge on any atom is 0.261 e. The van der Waals surface area contributed by atoms with E-state index in [0.717, 1.165) is 16.7 Å². The van der Waals surface area contributed by atoms with Crippen molar-refractivity contribution in [1.29, 1.82) is 0 Å². The van der Waals surface area contributed by atoms with Crippen molar-refractivity contribution >= 4 is 21.6 Å². The van der Waals surface area contributed by atoms with Crippen LogP contribution in [0.5, 0.6) is 0 Å². The van der Waals surface area contributed by atoms with Gasteiger partial charge in [0.05, 0.1) is 11.3 Å². The number of hydrogen-bond acceptors (Lipinski definition) is 3. The summed E-state index contributed by atoms with van der Waals surface area (Å²) in [5.74, 6) is -0.0863. The lowest BCUT2D eigenvalue weighted by atomic mass is 10.1. The Balaban J connectivity index is 1.57. The molecular formula is C22H22N2O3S. The summed E-state index contributed by atoms with van der Waals surface area (Å²) >= 11 is 0. The van der Waals surface area contributed by atoms with Crippen molar-refractivity contribution in [1.82, 2.24) is 5.32 Å². The van der Waals surface area contributed by atoms with Crippen LogP contribution in [0.15, 0.2) is 83.8 Å². The van der Waals surface area contributed by atoms with Gasteiger partial charge in [0.15, 0.2) is 0 Å². The molecular weight excluding hydrogens is 372 g/mol. The number of carbonyl (C=O) groups excluding carboxylic acids is 1. The fraction of sp³-hybridized carbons (Fsp3) is 0.136. The first-order valence-electron chi connectivity index (χ1n) is 8.91. The Bertz CT molecular complexity index is 1030. The fourth-order valence-corrected chi connectivity index (χ4v) is 3.73. The van der Waals surface area contributed by atoms with Gasteiger partial charge in [-0.05, 0) is 42.3 Å². The third-order valence-electron chi connectivity index (χ3n) is 4.23. The topological polar surface area (TPSA) is 75.3 Å². The lowest BCUT2D eigenvalue weighted by Gasteiger charge is -2.09. The molecule has 0 heterocycles. The van der Waals surface area contributed by atoms with E-state index in [1.807, 2.05) is 37.3 Å². The summed E-state index contributed by atoms with van der Waals surface area (Å²) in [4.78, 5) is 12.3. The van der Waals surface area contributed by atoms with E-state index in [9.17, 15) is 13.2 Å². The Labute approximate surface area is 165 Å². The quantitative estimate of drug-likeness (QED) is 0.642. The van der Waals surface area contributed by atoms with E-state index in [4.69, 9.17) is 0 Å². The van der Waals surface area contributed by atoms with Gasteiger partial charge in [0.2, 0.25) is 5.91 Å². The van der Waals surface area contributed by atoms with Gasteiger partial charge < -0.3 is 5.32 Å². The fourth-order valence-electron chi connectivity index (χ4n) is 2.67. The maximum absolute atomic E-state index is 12.4. The molecule has 0 atom stereocenters. The average Bonchev–Trinajstić information content (AvgIpc) is 2.69. The minimum atomic E-state index is -3.63. The van der Waals surface area contributed by atoms with Crippen LogP contribution in [0.3, 0.4) is 0 Å². The Morgan fingerprint density at radius 1 is 0.821 bits per heavy atom. The lowest BCUT2D eigenvalue weighted by molar-refractivity contribution is -0.120. The molecule has 0 aromatic heterocycles. The van der Waals surface area contributed by atoms with Crippen molar-refractivity contribution in [2.24, 2.45) is 0 Å². The number of nitrogens with one attached hydrogen (secondary N) is 2. The first kappa shape index (κ1) is 19.6. The summed E-state index contributed by atoms with van der Waals surface area (Å²) in [7, 11) is -3.63. The molecule has 144 valence electrons. The molecule has 0 fully saturated rings. The highest BCUT2D eigenvalue weighted by Crippen LogP contribution is 2.17. The third kappa shape index (κ3) is 5.44. The van der Waals surface area contributed by atoms with Crippen LogP contribution in [0.4, 0.5) is 5.69 Å². The molecule has 6 heteroatoms. The molecule has 0 bridgehead atoms. The Morgan fingerprint density at radius 3 is 2.11 bits per heavy atom. The summed E-state index contributed by atoms with van der Waals surface area (Å²) in [6.45, 7) is 2.38. The molecule has 0 saturated carbocycles. The van der Waals surface area contributed by atoms with Gasteiger partial charge in [-0.25, -0.2) is 8.42 Å². The number of hydrogen-bond donors (Lipinski definition) is 2. The standard InChI is InChI=1S/C22H22N2O3S/c1-17-7-13-21(14-8-17)28(26,27)24-20-11-9-18(10-12-20)15-22(25)23-16-19-5-3-2-4-6-19/h2-14,24H,15-16H2,1H3,(H,23,25). The number of carbonyl (C=O) groups is 1. The van der Waals surface area contributed by atoms with Crippen LogP contribution < -0.4 is 10.0 Å². The van der Waals surface area contributed by atoms with E-state index in [1.165, 1.54) is 0 Å². The van der Waals surface area contributed by atoms with Crippen LogP contribution in [0.25, 0.3) is 0 Å². The lowest BCUT2D eigenvalue weighted by Crippen LogP contribution is -2.24. The molecule has 0 radical (unpaired) electrons. The normalized spacial score (nSPS) is 11.0. The van der Waals surface area contributed by atoms with E-state index >= 15 is 0 Å². The largest absolute Gasteiger partial charge is 0.352 e. The molecule has 0 aliphatic rings. The summed E-state index contributed by atoms with van der Waals surface area (Å²) in [5, 5.41) is 2.88. The van der Waals surface area contributed by atoms with Crippen LogP contribution in [-0.4, -0.2) is 14.3 Å². The second-order valence-corrected chi connectivity index (χ2v) is 8.24. The average molecular weight is 394 g/mol. The number of benzene rings is 3. The zero-order valence-electron chi connectivity index (χ0n) is 15.6. The number of rotatable bonds is 7. The molecule has 0 aliphatic carbocycles. The molecule has 3 aromatic rings. The van der Waals surface area contributed by atoms with Crippen molar-refractivity contribution < 1.29 is 13.2 Å². The van der Waals surface area contributed by atoms with Crippen molar-refractivity contribution in [3.8, 4) is 0 Å². The predicted octanol–water partition coefficient (Wildman–Crippen LogP) is 3.65. The van der Waals surface area contributed by atoms with Crippen molar-refractivity contribution in [3.63, 3.8) is 0 Å². The highest BCUT2D eigenvalue weighted by atomic mass is 32.2. The molecule has 2 N–H and O–H groups in total. The van der Waals surface area contributed by atoms with E-state index in [1.54, 1.807) is 48.5 Å². The highest BCUT2D eigenvalue weighted by Gasteiger charge is 2.13. The monoisotopic (exact) mass is 394 g/mol. The van der Waals surface area contributed by atoms with Crippen LogP contribution >= 0.6 is 0 Å². The van der Waals surface area contributed by atoms with Gasteiger partial charge in [-0.3, -0.25) is 9.52 Å². The number of sulfonamides is 1. The van der Waals surface area contributed by atoms with Gasteiger partial charge in [0.25, 0.3) is 10.0 Å². The number of aryl methyl sites for hydroxylation is 1. The van der Waals surface area contributed by atoms with E-state index < -0.39 is 10.0 Å². The highest BCUT2D eigenvalue weighted by molar-refractivity contribution is 7.92. The van der Waals surface area contributed by atoms with Gasteiger partial charge in [-0.2, -0.15) is 0 Å². The zero-order chi connectivity index (χ0) is 20.0. The minimum absolute atomic E-state index is 0.0863. The second-order valence-electron chi connectivity index (χ2n) is 6.55. The SMILES string of the molecule is Cc1ccc(S(=O)(=O)Nc2ccc(CC(=O)NCc3ccccc3)cc2)cc1. The van der Waals surface area contributed by atoms with Gasteiger partial charge in [0.1, 0.15) is 0 Å². The third-order valence-corrected chi connectivity index (χ3v) is 5.63. The van der Waals surface area contributed by atoms with Crippen LogP contribution in [0.1, 0.15) is 16.7 Å². The Kier molecular flexibility index (Phi) is 6.11. The first-order valence-corrected chi connectivity index (χ1v) is 10.4. The van der Waals surface area contributed by atoms with Crippen LogP contribution in [0, 0.1) is 6.92 Å². The van der Waals surface area contributed by atoms with Crippen molar-refractivity contribution in [2.75, 3.05) is 4.72 Å². The molecule has 0 saturated heterocycles. The predicted molar refractivity (Wildman–Crippen MR) is 110 cm³/mol. The molecule has 0 spiro atoms. The molecule has 0 unspecified atom stereocenters. The summed E-state index contributed by atoms with van der Waals surface area (Å²) in [5.41, 5.74) is 3.29. The second kappa shape index (κ2) is 8.71. The van der Waals surface area contributed by atoms with Gasteiger partial charge in [-0.15, -0.1) is 0 Å². The molecule has 3 rings (SSSR count). The summed E-state index contributed by atoms with van der Waals surface area (Å²) < 4.78 is 27.4. The van der Waals surface area contributed by atoms with E-state index in [2.05, 4.69) is 10.0 Å². The number of amides is 1. The van der Waals surface area contributed by atoms with Gasteiger partial charge in [0, 0.05) is 12.2 Å². The minimum Gasteiger partial charge on any atom is -0.352 e. The first-order chi connectivity index (χ1) is 13.4. The van der Waals surface area contributed by atoms with Crippen molar-refractivity contribution in [3.05, 3.63) is 95.6 Å². The Morgan fingerprint density at radius 2 is 1.46 bits per heavy atom. The molecule has 3 aromatic carbocycles. The molecule has 1 amide bonds. The van der Waals surface area contributed by atoms with E-state index in [0.29, 0.717) is 12.2 Å². The zero-order valence-corrected chi connectivity index (χ0v) is 16.4. The van der Waals surface area contributed by atoms with E-state index in [-0.39, 0.29) is 17.2 Å². The van der Waals surface area contributed by atoms with Crippen molar-refractivity contribution in [2.45, 2.75) is 24.8 Å². The van der Waals surface area contributed by atoms with Gasteiger partial charge >= 0.3 is 0 Å². The maximum atomic E-state index is 12.4. The summed E-state index contributed by atoms with van der Waals surface area (Å²) in [6.07, 6.45) is 0.234. The van der Waals surface area contributed by atoms with Crippen LogP contribution in [0.2, 0.25) is 0 Å². The molecule has 5 nitrogen and oxygen atoms in total. The smallest absolute Gasteiger partial charge is 0.261 e. The molecule has 0 aliphatic heterocycles. The van der Waals surface area contributed by atoms with Crippen LogP contribution in [-0.2, 0) is 27.8 Å². The number of anilines is 1.